The van der Waals surface area contributed by atoms with Crippen molar-refractivity contribution in [1.29, 1.82) is 0 Å². The van der Waals surface area contributed by atoms with Crippen molar-refractivity contribution in [3.05, 3.63) is 35.9 Å². The first-order valence-electron chi connectivity index (χ1n) is 4.74. The van der Waals surface area contributed by atoms with Gasteiger partial charge < -0.3 is 9.84 Å². The minimum Gasteiger partial charge on any atom is -0.504 e. The number of phenolic OH excluding ortho intramolecular Hbond substituents is 1. The number of carbonyl (C=O) groups excluding carboxylic acids is 1. The third-order valence-corrected chi connectivity index (χ3v) is 1.98. The average molecular weight is 206 g/mol. The molecule has 0 bridgehead atoms. The topological polar surface area (TPSA) is 46.5 Å². The fourth-order valence-corrected chi connectivity index (χ4v) is 1.05. The first-order chi connectivity index (χ1) is 7.04. The molecule has 0 spiro atoms. The van der Waals surface area contributed by atoms with Crippen LogP contribution in [-0.4, -0.2) is 11.1 Å². The van der Waals surface area contributed by atoms with E-state index < -0.39 is 5.97 Å². The van der Waals surface area contributed by atoms with E-state index in [0.717, 1.165) is 12.0 Å². The van der Waals surface area contributed by atoms with Crippen LogP contribution >= 0.6 is 0 Å². The predicted octanol–water partition coefficient (Wildman–Crippen LogP) is 2.44. The lowest BCUT2D eigenvalue weighted by atomic mass is 10.1. The van der Waals surface area contributed by atoms with Crippen LogP contribution in [0.2, 0.25) is 0 Å². The van der Waals surface area contributed by atoms with Crippen molar-refractivity contribution in [3.8, 4) is 11.5 Å². The summed E-state index contributed by atoms with van der Waals surface area (Å²) in [5.41, 5.74) is 1.30. The van der Waals surface area contributed by atoms with Crippen LogP contribution in [0.4, 0.5) is 0 Å². The lowest BCUT2D eigenvalue weighted by Gasteiger charge is -2.07. The zero-order chi connectivity index (χ0) is 11.4. The van der Waals surface area contributed by atoms with E-state index in [1.165, 1.54) is 6.07 Å². The van der Waals surface area contributed by atoms with E-state index in [4.69, 9.17) is 4.74 Å². The van der Waals surface area contributed by atoms with Crippen LogP contribution in [-0.2, 0) is 11.2 Å². The first-order valence-corrected chi connectivity index (χ1v) is 4.74. The average Bonchev–Trinajstić information content (AvgIpc) is 2.21. The first kappa shape index (κ1) is 11.3. The van der Waals surface area contributed by atoms with E-state index in [0.29, 0.717) is 5.57 Å². The largest absolute Gasteiger partial charge is 0.504 e. The Balaban J connectivity index is 2.93. The molecule has 1 N–H and O–H groups in total. The van der Waals surface area contributed by atoms with Crippen LogP contribution in [0, 0.1) is 0 Å². The minimum atomic E-state index is -0.529. The fraction of sp³-hybridized carbons (Fsp3) is 0.250. The molecular formula is C12H14O3. The van der Waals surface area contributed by atoms with Gasteiger partial charge in [0.05, 0.1) is 0 Å². The molecule has 0 aliphatic heterocycles. The quantitative estimate of drug-likeness (QED) is 0.469. The van der Waals surface area contributed by atoms with Gasteiger partial charge in [0.15, 0.2) is 11.5 Å². The molecule has 0 aliphatic carbocycles. The number of hydrogen-bond donors (Lipinski definition) is 1. The van der Waals surface area contributed by atoms with E-state index in [-0.39, 0.29) is 11.5 Å². The molecule has 3 heteroatoms. The van der Waals surface area contributed by atoms with E-state index in [9.17, 15) is 9.90 Å². The second kappa shape index (κ2) is 4.64. The van der Waals surface area contributed by atoms with Gasteiger partial charge in [0.2, 0.25) is 0 Å². The monoisotopic (exact) mass is 206 g/mol. The highest BCUT2D eigenvalue weighted by Gasteiger charge is 2.09. The summed E-state index contributed by atoms with van der Waals surface area (Å²) in [6, 6.07) is 4.95. The Morgan fingerprint density at radius 3 is 2.73 bits per heavy atom. The molecule has 0 saturated heterocycles. The van der Waals surface area contributed by atoms with Gasteiger partial charge in [-0.3, -0.25) is 0 Å². The number of aromatic hydroxyl groups is 1. The van der Waals surface area contributed by atoms with Gasteiger partial charge in [-0.1, -0.05) is 19.6 Å². The van der Waals surface area contributed by atoms with E-state index >= 15 is 0 Å². The Bertz CT molecular complexity index is 394. The van der Waals surface area contributed by atoms with Crippen molar-refractivity contribution < 1.29 is 14.6 Å². The van der Waals surface area contributed by atoms with Crippen molar-refractivity contribution >= 4 is 5.97 Å². The Morgan fingerprint density at radius 1 is 1.53 bits per heavy atom. The van der Waals surface area contributed by atoms with Crippen molar-refractivity contribution in [2.24, 2.45) is 0 Å². The fourth-order valence-electron chi connectivity index (χ4n) is 1.05. The van der Waals surface area contributed by atoms with Crippen molar-refractivity contribution in [2.45, 2.75) is 20.3 Å². The molecule has 0 heterocycles. The predicted molar refractivity (Wildman–Crippen MR) is 57.9 cm³/mol. The van der Waals surface area contributed by atoms with Crippen LogP contribution in [0.25, 0.3) is 0 Å². The van der Waals surface area contributed by atoms with Crippen molar-refractivity contribution in [2.75, 3.05) is 0 Å². The Kier molecular flexibility index (Phi) is 3.50. The van der Waals surface area contributed by atoms with Gasteiger partial charge in [0.1, 0.15) is 0 Å². The molecule has 15 heavy (non-hydrogen) atoms. The minimum absolute atomic E-state index is 0.0400. The zero-order valence-corrected chi connectivity index (χ0v) is 8.91. The smallest absolute Gasteiger partial charge is 0.338 e. The molecule has 1 aromatic carbocycles. The molecule has 0 radical (unpaired) electrons. The van der Waals surface area contributed by atoms with Crippen LogP contribution in [0.5, 0.6) is 11.5 Å². The number of ether oxygens (including phenoxy) is 1. The van der Waals surface area contributed by atoms with Crippen molar-refractivity contribution in [3.63, 3.8) is 0 Å². The zero-order valence-electron chi connectivity index (χ0n) is 8.91. The van der Waals surface area contributed by atoms with Gasteiger partial charge in [-0.2, -0.15) is 0 Å². The summed E-state index contributed by atoms with van der Waals surface area (Å²) in [6.45, 7) is 7.01. The number of phenols is 1. The summed E-state index contributed by atoms with van der Waals surface area (Å²) in [7, 11) is 0. The summed E-state index contributed by atoms with van der Waals surface area (Å²) in [5, 5.41) is 9.45. The van der Waals surface area contributed by atoms with Crippen LogP contribution in [0.3, 0.4) is 0 Å². The summed E-state index contributed by atoms with van der Waals surface area (Å²) in [6.07, 6.45) is 0.817. The molecule has 0 fully saturated rings. The number of esters is 1. The Labute approximate surface area is 89.0 Å². The third-order valence-electron chi connectivity index (χ3n) is 1.98. The van der Waals surface area contributed by atoms with Crippen LogP contribution in [0.15, 0.2) is 30.4 Å². The summed E-state index contributed by atoms with van der Waals surface area (Å²) < 4.78 is 4.96. The van der Waals surface area contributed by atoms with E-state index in [1.807, 2.05) is 6.92 Å². The second-order valence-corrected chi connectivity index (χ2v) is 3.33. The Hall–Kier alpha value is -1.77. The van der Waals surface area contributed by atoms with E-state index in [2.05, 4.69) is 6.58 Å². The van der Waals surface area contributed by atoms with Gasteiger partial charge in [0.25, 0.3) is 0 Å². The number of aryl methyl sites for hydroxylation is 1. The molecule has 1 rings (SSSR count). The number of benzene rings is 1. The molecule has 0 aliphatic rings. The molecule has 0 amide bonds. The highest BCUT2D eigenvalue weighted by molar-refractivity contribution is 5.89. The lowest BCUT2D eigenvalue weighted by Crippen LogP contribution is -2.08. The number of carbonyl (C=O) groups is 1. The summed E-state index contributed by atoms with van der Waals surface area (Å²) >= 11 is 0. The van der Waals surface area contributed by atoms with Gasteiger partial charge in [0, 0.05) is 5.57 Å². The van der Waals surface area contributed by atoms with Gasteiger partial charge in [-0.05, 0) is 31.0 Å². The van der Waals surface area contributed by atoms with Crippen LogP contribution < -0.4 is 4.74 Å². The molecule has 0 unspecified atom stereocenters. The molecule has 3 nitrogen and oxygen atoms in total. The molecule has 0 aromatic heterocycles. The molecule has 0 saturated carbocycles. The maximum absolute atomic E-state index is 11.2. The van der Waals surface area contributed by atoms with Gasteiger partial charge in [-0.15, -0.1) is 0 Å². The van der Waals surface area contributed by atoms with Gasteiger partial charge >= 0.3 is 5.97 Å². The molecule has 1 aromatic rings. The van der Waals surface area contributed by atoms with Gasteiger partial charge in [-0.25, -0.2) is 4.79 Å². The normalized spacial score (nSPS) is 9.73. The SMILES string of the molecule is C=C(C)C(=O)Oc1cc(CC)ccc1O. The lowest BCUT2D eigenvalue weighted by molar-refractivity contribution is -0.130. The second-order valence-electron chi connectivity index (χ2n) is 3.33. The molecule has 0 atom stereocenters. The molecule has 80 valence electrons. The number of rotatable bonds is 3. The number of hydrogen-bond acceptors (Lipinski definition) is 3. The maximum atomic E-state index is 11.2. The summed E-state index contributed by atoms with van der Waals surface area (Å²) in [4.78, 5) is 11.2. The summed E-state index contributed by atoms with van der Waals surface area (Å²) in [5.74, 6) is -0.386. The Morgan fingerprint density at radius 2 is 2.20 bits per heavy atom. The standard InChI is InChI=1S/C12H14O3/c1-4-9-5-6-10(13)11(7-9)15-12(14)8(2)3/h5-7,13H,2,4H2,1,3H3. The molecular weight excluding hydrogens is 192 g/mol. The highest BCUT2D eigenvalue weighted by Crippen LogP contribution is 2.27. The van der Waals surface area contributed by atoms with Crippen molar-refractivity contribution in [1.82, 2.24) is 0 Å². The maximum Gasteiger partial charge on any atom is 0.338 e. The van der Waals surface area contributed by atoms with E-state index in [1.54, 1.807) is 19.1 Å². The van der Waals surface area contributed by atoms with Crippen LogP contribution in [0.1, 0.15) is 19.4 Å². The highest BCUT2D eigenvalue weighted by atomic mass is 16.5. The third kappa shape index (κ3) is 2.84.